The lowest BCUT2D eigenvalue weighted by Crippen LogP contribution is -1.76. The van der Waals surface area contributed by atoms with E-state index in [1.807, 2.05) is 24.3 Å². The first kappa shape index (κ1) is 13.5. The zero-order valence-electron chi connectivity index (χ0n) is 8.74. The number of benzene rings is 1. The maximum absolute atomic E-state index is 5.65. The Labute approximate surface area is 96.8 Å². The van der Waals surface area contributed by atoms with E-state index in [4.69, 9.17) is 11.6 Å². The van der Waals surface area contributed by atoms with Gasteiger partial charge in [-0.15, -0.1) is 0 Å². The summed E-state index contributed by atoms with van der Waals surface area (Å²) in [6.45, 7) is 6.50. The van der Waals surface area contributed by atoms with E-state index in [-0.39, 0.29) is 0 Å². The molecule has 1 rings (SSSR count). The minimum atomic E-state index is 0.733. The van der Waals surface area contributed by atoms with E-state index in [1.54, 1.807) is 6.21 Å². The van der Waals surface area contributed by atoms with Crippen LogP contribution in [0.25, 0.3) is 0 Å². The Bertz CT molecular complexity index is 264. The molecule has 0 radical (unpaired) electrons. The molecule has 14 heavy (non-hydrogen) atoms. The zero-order valence-corrected chi connectivity index (χ0v) is 10.4. The Morgan fingerprint density at radius 3 is 2.00 bits per heavy atom. The van der Waals surface area contributed by atoms with Gasteiger partial charge in [-0.2, -0.15) is 0 Å². The van der Waals surface area contributed by atoms with E-state index in [0.717, 1.165) is 16.5 Å². The van der Waals surface area contributed by atoms with Crippen molar-refractivity contribution >= 4 is 30.6 Å². The van der Waals surface area contributed by atoms with Crippen LogP contribution in [0.1, 0.15) is 26.3 Å². The van der Waals surface area contributed by atoms with Gasteiger partial charge >= 0.3 is 0 Å². The predicted octanol–water partition coefficient (Wildman–Crippen LogP) is 4.27. The fourth-order valence-corrected chi connectivity index (χ4v) is 0.875. The number of hydrogen-bond donors (Lipinski definition) is 1. The molecule has 0 heterocycles. The summed E-state index contributed by atoms with van der Waals surface area (Å²) in [6.07, 6.45) is 1.65. The largest absolute Gasteiger partial charge is 0.227 e. The van der Waals surface area contributed by atoms with Crippen LogP contribution in [-0.2, 0) is 0 Å². The Balaban J connectivity index is 0.000000364. The van der Waals surface area contributed by atoms with Crippen LogP contribution in [0, 0.1) is 5.92 Å². The molecule has 0 amide bonds. The van der Waals surface area contributed by atoms with Crippen molar-refractivity contribution in [3.8, 4) is 0 Å². The molecule has 3 heteroatoms. The average molecular weight is 230 g/mol. The maximum atomic E-state index is 5.65. The van der Waals surface area contributed by atoms with Crippen LogP contribution in [0.15, 0.2) is 28.7 Å². The van der Waals surface area contributed by atoms with Gasteiger partial charge in [-0.3, -0.25) is 0 Å². The van der Waals surface area contributed by atoms with E-state index >= 15 is 0 Å². The molecule has 0 aliphatic carbocycles. The van der Waals surface area contributed by atoms with Crippen molar-refractivity contribution in [2.75, 3.05) is 0 Å². The second-order valence-electron chi connectivity index (χ2n) is 3.53. The van der Waals surface area contributed by atoms with Crippen LogP contribution in [0.3, 0.4) is 0 Å². The topological polar surface area (TPSA) is 12.4 Å². The van der Waals surface area contributed by atoms with Crippen LogP contribution >= 0.6 is 24.4 Å². The Morgan fingerprint density at radius 1 is 1.21 bits per heavy atom. The summed E-state index contributed by atoms with van der Waals surface area (Å²) in [5, 5.41) is 0.733. The molecular weight excluding hydrogens is 214 g/mol. The summed E-state index contributed by atoms with van der Waals surface area (Å²) < 4.78 is 3.56. The third-order valence-electron chi connectivity index (χ3n) is 1.08. The van der Waals surface area contributed by atoms with Crippen molar-refractivity contribution in [2.24, 2.45) is 10.3 Å². The van der Waals surface area contributed by atoms with Gasteiger partial charge in [0.15, 0.2) is 0 Å². The zero-order chi connectivity index (χ0) is 11.0. The lowest BCUT2D eigenvalue weighted by molar-refractivity contribution is 0.737. The second kappa shape index (κ2) is 7.89. The summed E-state index contributed by atoms with van der Waals surface area (Å²) in [4.78, 5) is 0. The van der Waals surface area contributed by atoms with Crippen LogP contribution in [0.4, 0.5) is 0 Å². The van der Waals surface area contributed by atoms with Crippen LogP contribution in [0.5, 0.6) is 0 Å². The third-order valence-corrected chi connectivity index (χ3v) is 1.44. The highest BCUT2D eigenvalue weighted by Gasteiger charge is 1.86. The highest BCUT2D eigenvalue weighted by molar-refractivity contribution is 7.79. The van der Waals surface area contributed by atoms with Gasteiger partial charge in [0.2, 0.25) is 0 Å². The van der Waals surface area contributed by atoms with Gasteiger partial charge in [-0.05, 0) is 36.4 Å². The van der Waals surface area contributed by atoms with Gasteiger partial charge in [0.1, 0.15) is 0 Å². The molecule has 0 saturated carbocycles. The average Bonchev–Trinajstić information content (AvgIpc) is 2.08. The molecule has 0 bridgehead atoms. The first-order valence-electron chi connectivity index (χ1n) is 4.49. The maximum Gasteiger partial charge on any atom is 0.0420 e. The molecular formula is C11H16ClNS. The van der Waals surface area contributed by atoms with Gasteiger partial charge in [0.25, 0.3) is 0 Å². The molecule has 1 nitrogen and oxygen atoms in total. The standard InChI is InChI=1S/C7H6ClNS.C4H10/c8-7-3-1-6(2-4-7)5-9-10;1-4(2)3/h1-5,10H;4H,1-3H3/b9-5-;. The van der Waals surface area contributed by atoms with Gasteiger partial charge in [0, 0.05) is 11.2 Å². The third kappa shape index (κ3) is 8.14. The van der Waals surface area contributed by atoms with Gasteiger partial charge in [-0.25, -0.2) is 4.40 Å². The first-order chi connectivity index (χ1) is 6.56. The molecule has 0 fully saturated rings. The Kier molecular flexibility index (Phi) is 7.63. The van der Waals surface area contributed by atoms with Crippen molar-refractivity contribution < 1.29 is 0 Å². The van der Waals surface area contributed by atoms with Crippen molar-refractivity contribution in [3.05, 3.63) is 34.9 Å². The summed E-state index contributed by atoms with van der Waals surface area (Å²) in [6, 6.07) is 7.38. The Hall–Kier alpha value is -0.470. The number of nitrogens with zero attached hydrogens (tertiary/aromatic N) is 1. The molecule has 78 valence electrons. The number of thiol groups is 1. The minimum Gasteiger partial charge on any atom is -0.227 e. The van der Waals surface area contributed by atoms with Gasteiger partial charge < -0.3 is 0 Å². The predicted molar refractivity (Wildman–Crippen MR) is 68.5 cm³/mol. The molecule has 0 spiro atoms. The fourth-order valence-electron chi connectivity index (χ4n) is 0.616. The molecule has 0 aliphatic rings. The van der Waals surface area contributed by atoms with Crippen LogP contribution < -0.4 is 0 Å². The molecule has 0 saturated heterocycles. The van der Waals surface area contributed by atoms with E-state index in [9.17, 15) is 0 Å². The first-order valence-corrected chi connectivity index (χ1v) is 5.27. The van der Waals surface area contributed by atoms with E-state index < -0.39 is 0 Å². The summed E-state index contributed by atoms with van der Waals surface area (Å²) >= 11 is 9.34. The molecule has 1 aromatic carbocycles. The molecule has 1 aromatic rings. The lowest BCUT2D eigenvalue weighted by Gasteiger charge is -1.89. The summed E-state index contributed by atoms with van der Waals surface area (Å²) in [7, 11) is 0. The van der Waals surface area contributed by atoms with Crippen molar-refractivity contribution in [1.29, 1.82) is 0 Å². The quantitative estimate of drug-likeness (QED) is 0.546. The molecule has 0 aliphatic heterocycles. The number of rotatable bonds is 1. The van der Waals surface area contributed by atoms with Crippen molar-refractivity contribution in [1.82, 2.24) is 0 Å². The molecule has 0 N–H and O–H groups in total. The van der Waals surface area contributed by atoms with Crippen LogP contribution in [0.2, 0.25) is 5.02 Å². The van der Waals surface area contributed by atoms with Gasteiger partial charge in [-0.1, -0.05) is 44.5 Å². The van der Waals surface area contributed by atoms with Crippen molar-refractivity contribution in [2.45, 2.75) is 20.8 Å². The molecule has 0 unspecified atom stereocenters. The smallest absolute Gasteiger partial charge is 0.0420 e. The normalized spacial score (nSPS) is 10.1. The van der Waals surface area contributed by atoms with Gasteiger partial charge in [0.05, 0.1) is 0 Å². The lowest BCUT2D eigenvalue weighted by atomic mass is 10.2. The Morgan fingerprint density at radius 2 is 1.64 bits per heavy atom. The summed E-state index contributed by atoms with van der Waals surface area (Å²) in [5.74, 6) is 0.833. The highest BCUT2D eigenvalue weighted by Crippen LogP contribution is 2.07. The SMILES string of the molecule is CC(C)C.S/N=C\c1ccc(Cl)cc1. The van der Waals surface area contributed by atoms with Crippen LogP contribution in [-0.4, -0.2) is 6.21 Å². The molecule has 0 aromatic heterocycles. The second-order valence-corrected chi connectivity index (χ2v) is 4.20. The van der Waals surface area contributed by atoms with Crippen molar-refractivity contribution in [3.63, 3.8) is 0 Å². The monoisotopic (exact) mass is 229 g/mol. The molecule has 0 atom stereocenters. The number of hydrogen-bond acceptors (Lipinski definition) is 2. The minimum absolute atomic E-state index is 0.733. The van der Waals surface area contributed by atoms with E-state index in [1.165, 1.54) is 0 Å². The van der Waals surface area contributed by atoms with E-state index in [2.05, 4.69) is 38.0 Å². The highest BCUT2D eigenvalue weighted by atomic mass is 35.5. The summed E-state index contributed by atoms with van der Waals surface area (Å²) in [5.41, 5.74) is 0.999. The van der Waals surface area contributed by atoms with E-state index in [0.29, 0.717) is 0 Å². The number of halogens is 1. The fraction of sp³-hybridized carbons (Fsp3) is 0.364.